The molecule has 0 radical (unpaired) electrons. The molecule has 0 saturated carbocycles. The Hall–Kier alpha value is -3.35. The van der Waals surface area contributed by atoms with E-state index in [9.17, 15) is 9.59 Å². The third-order valence-corrected chi connectivity index (χ3v) is 3.92. The van der Waals surface area contributed by atoms with Gasteiger partial charge in [0.1, 0.15) is 11.3 Å². The number of ether oxygens (including phenoxy) is 2. The van der Waals surface area contributed by atoms with Crippen LogP contribution in [0.3, 0.4) is 0 Å². The van der Waals surface area contributed by atoms with Crippen LogP contribution < -0.4 is 10.1 Å². The van der Waals surface area contributed by atoms with Crippen molar-refractivity contribution in [1.29, 1.82) is 0 Å². The molecule has 3 rings (SSSR count). The van der Waals surface area contributed by atoms with Gasteiger partial charge >= 0.3 is 5.97 Å². The zero-order valence-corrected chi connectivity index (χ0v) is 15.1. The summed E-state index contributed by atoms with van der Waals surface area (Å²) >= 11 is 0. The molecule has 0 spiro atoms. The largest absolute Gasteiger partial charge is 0.497 e. The molecule has 0 aliphatic carbocycles. The van der Waals surface area contributed by atoms with Crippen LogP contribution in [0.4, 0.5) is 5.69 Å². The second-order valence-corrected chi connectivity index (χ2v) is 5.93. The molecule has 0 unspecified atom stereocenters. The van der Waals surface area contributed by atoms with Crippen molar-refractivity contribution >= 4 is 28.7 Å². The maximum Gasteiger partial charge on any atom is 0.307 e. The van der Waals surface area contributed by atoms with Gasteiger partial charge in [-0.1, -0.05) is 12.1 Å². The van der Waals surface area contributed by atoms with E-state index in [1.54, 1.807) is 31.4 Å². The first kappa shape index (κ1) is 18.4. The minimum atomic E-state index is -0.914. The normalized spacial score (nSPS) is 11.8. The van der Waals surface area contributed by atoms with E-state index >= 15 is 0 Å². The van der Waals surface area contributed by atoms with E-state index in [0.29, 0.717) is 29.3 Å². The number of methoxy groups -OCH3 is 1. The minimum absolute atomic E-state index is 0.0764. The molecule has 0 saturated heterocycles. The van der Waals surface area contributed by atoms with Gasteiger partial charge in [-0.25, -0.2) is 4.98 Å². The van der Waals surface area contributed by atoms with Crippen molar-refractivity contribution in [3.8, 4) is 5.75 Å². The van der Waals surface area contributed by atoms with Crippen molar-refractivity contribution in [2.75, 3.05) is 12.4 Å². The minimum Gasteiger partial charge on any atom is -0.497 e. The summed E-state index contributed by atoms with van der Waals surface area (Å²) in [6.07, 6.45) is -0.531. The number of oxazole rings is 1. The number of hydrogen-bond acceptors (Lipinski definition) is 6. The van der Waals surface area contributed by atoms with Crippen LogP contribution in [0.2, 0.25) is 0 Å². The lowest BCUT2D eigenvalue weighted by atomic mass is 10.2. The van der Waals surface area contributed by atoms with Gasteiger partial charge in [0.05, 0.1) is 13.5 Å². The van der Waals surface area contributed by atoms with E-state index in [1.807, 2.05) is 24.3 Å². The summed E-state index contributed by atoms with van der Waals surface area (Å²) in [5.41, 5.74) is 2.01. The maximum absolute atomic E-state index is 12.1. The molecule has 0 bridgehead atoms. The van der Waals surface area contributed by atoms with Crippen molar-refractivity contribution in [1.82, 2.24) is 4.98 Å². The molecule has 1 amide bonds. The van der Waals surface area contributed by atoms with Gasteiger partial charge in [0.15, 0.2) is 17.6 Å². The number of para-hydroxylation sites is 2. The summed E-state index contributed by atoms with van der Waals surface area (Å²) in [4.78, 5) is 28.4. The van der Waals surface area contributed by atoms with Crippen molar-refractivity contribution in [3.05, 3.63) is 54.4 Å². The molecule has 1 aromatic heterocycles. The summed E-state index contributed by atoms with van der Waals surface area (Å²) < 4.78 is 15.8. The highest BCUT2D eigenvalue weighted by Gasteiger charge is 2.18. The van der Waals surface area contributed by atoms with Gasteiger partial charge in [-0.15, -0.1) is 0 Å². The van der Waals surface area contributed by atoms with Gasteiger partial charge in [0, 0.05) is 12.1 Å². The fourth-order valence-electron chi connectivity index (χ4n) is 2.46. The van der Waals surface area contributed by atoms with Crippen LogP contribution in [0.1, 0.15) is 19.2 Å². The molecule has 3 aromatic rings. The van der Waals surface area contributed by atoms with Crippen LogP contribution in [0, 0.1) is 0 Å². The number of fused-ring (bicyclic) bond motifs is 1. The number of anilines is 1. The highest BCUT2D eigenvalue weighted by molar-refractivity contribution is 5.95. The van der Waals surface area contributed by atoms with Crippen LogP contribution in [0.15, 0.2) is 52.9 Å². The quantitative estimate of drug-likeness (QED) is 0.643. The molecule has 7 nitrogen and oxygen atoms in total. The topological polar surface area (TPSA) is 90.7 Å². The molecule has 0 aliphatic heterocycles. The van der Waals surface area contributed by atoms with Crippen LogP contribution >= 0.6 is 0 Å². The summed E-state index contributed by atoms with van der Waals surface area (Å²) in [5, 5.41) is 2.69. The van der Waals surface area contributed by atoms with Gasteiger partial charge in [-0.3, -0.25) is 9.59 Å². The monoisotopic (exact) mass is 368 g/mol. The first-order valence-corrected chi connectivity index (χ1v) is 8.54. The SMILES string of the molecule is COc1ccc(NC(=O)[C@@H](C)OC(=O)CCc2nc3ccccc3o2)cc1. The van der Waals surface area contributed by atoms with Gasteiger partial charge in [-0.05, 0) is 43.3 Å². The number of nitrogens with one attached hydrogen (secondary N) is 1. The summed E-state index contributed by atoms with van der Waals surface area (Å²) in [6.45, 7) is 1.52. The molecule has 1 heterocycles. The Balaban J connectivity index is 1.48. The Morgan fingerprint density at radius 1 is 1.15 bits per heavy atom. The van der Waals surface area contributed by atoms with Crippen LogP contribution in [0.25, 0.3) is 11.1 Å². The number of rotatable bonds is 7. The molecule has 7 heteroatoms. The highest BCUT2D eigenvalue weighted by Crippen LogP contribution is 2.17. The molecule has 2 aromatic carbocycles. The number of carbonyl (C=O) groups is 2. The van der Waals surface area contributed by atoms with Crippen LogP contribution in [0.5, 0.6) is 5.75 Å². The number of amides is 1. The third-order valence-electron chi connectivity index (χ3n) is 3.92. The Bertz CT molecular complexity index is 900. The molecule has 27 heavy (non-hydrogen) atoms. The van der Waals surface area contributed by atoms with E-state index in [2.05, 4.69) is 10.3 Å². The zero-order valence-electron chi connectivity index (χ0n) is 15.1. The Morgan fingerprint density at radius 2 is 1.89 bits per heavy atom. The van der Waals surface area contributed by atoms with Crippen molar-refractivity contribution in [3.63, 3.8) is 0 Å². The van der Waals surface area contributed by atoms with Crippen LogP contribution in [-0.4, -0.2) is 30.1 Å². The molecule has 0 fully saturated rings. The first-order chi connectivity index (χ1) is 13.0. The van der Waals surface area contributed by atoms with E-state index in [1.165, 1.54) is 6.92 Å². The molecular formula is C20H20N2O5. The maximum atomic E-state index is 12.1. The number of nitrogens with zero attached hydrogens (tertiary/aromatic N) is 1. The van der Waals surface area contributed by atoms with Gasteiger partial charge < -0.3 is 19.2 Å². The molecule has 1 atom stereocenters. The Morgan fingerprint density at radius 3 is 2.59 bits per heavy atom. The number of esters is 1. The van der Waals surface area contributed by atoms with Crippen molar-refractivity contribution in [2.24, 2.45) is 0 Å². The summed E-state index contributed by atoms with van der Waals surface area (Å²) in [5.74, 6) is 0.250. The zero-order chi connectivity index (χ0) is 19.2. The lowest BCUT2D eigenvalue weighted by molar-refractivity contribution is -0.153. The molecule has 1 N–H and O–H groups in total. The third kappa shape index (κ3) is 4.84. The predicted octanol–water partition coefficient (Wildman–Crippen LogP) is 3.34. The standard InChI is InChI=1S/C20H20N2O5/c1-13(20(24)21-14-7-9-15(25-2)10-8-14)26-19(23)12-11-18-22-16-5-3-4-6-17(16)27-18/h3-10,13H,11-12H2,1-2H3,(H,21,24)/t13-/m1/s1. The van der Waals surface area contributed by atoms with E-state index in [4.69, 9.17) is 13.9 Å². The fraction of sp³-hybridized carbons (Fsp3) is 0.250. The predicted molar refractivity (Wildman–Crippen MR) is 99.5 cm³/mol. The smallest absolute Gasteiger partial charge is 0.307 e. The molecule has 140 valence electrons. The number of carbonyl (C=O) groups excluding carboxylic acids is 2. The molecular weight excluding hydrogens is 348 g/mol. The highest BCUT2D eigenvalue weighted by atomic mass is 16.5. The van der Waals surface area contributed by atoms with Crippen LogP contribution in [-0.2, 0) is 20.7 Å². The van der Waals surface area contributed by atoms with E-state index in [-0.39, 0.29) is 6.42 Å². The second-order valence-electron chi connectivity index (χ2n) is 5.93. The lowest BCUT2D eigenvalue weighted by Gasteiger charge is -2.13. The number of aromatic nitrogens is 1. The van der Waals surface area contributed by atoms with Crippen molar-refractivity contribution in [2.45, 2.75) is 25.9 Å². The summed E-state index contributed by atoms with van der Waals surface area (Å²) in [7, 11) is 1.57. The average molecular weight is 368 g/mol. The molecule has 0 aliphatic rings. The van der Waals surface area contributed by atoms with Gasteiger partial charge in [-0.2, -0.15) is 0 Å². The Labute approximate surface area is 156 Å². The van der Waals surface area contributed by atoms with Gasteiger partial charge in [0.25, 0.3) is 5.91 Å². The number of benzene rings is 2. The van der Waals surface area contributed by atoms with E-state index in [0.717, 1.165) is 5.52 Å². The second kappa shape index (κ2) is 8.35. The fourth-order valence-corrected chi connectivity index (χ4v) is 2.46. The van der Waals surface area contributed by atoms with Gasteiger partial charge in [0.2, 0.25) is 0 Å². The lowest BCUT2D eigenvalue weighted by Crippen LogP contribution is -2.30. The number of hydrogen-bond donors (Lipinski definition) is 1. The van der Waals surface area contributed by atoms with Crippen molar-refractivity contribution < 1.29 is 23.5 Å². The Kier molecular flexibility index (Phi) is 5.71. The first-order valence-electron chi connectivity index (χ1n) is 8.54. The average Bonchev–Trinajstić information content (AvgIpc) is 3.10. The summed E-state index contributed by atoms with van der Waals surface area (Å²) in [6, 6.07) is 14.2. The van der Waals surface area contributed by atoms with E-state index < -0.39 is 18.0 Å². The number of aryl methyl sites for hydroxylation is 1.